The molecule has 1 fully saturated rings. The van der Waals surface area contributed by atoms with E-state index >= 15 is 0 Å². The van der Waals surface area contributed by atoms with Crippen molar-refractivity contribution in [2.75, 3.05) is 32.9 Å². The number of nitrogens with one attached hydrogen (secondary N) is 1. The summed E-state index contributed by atoms with van der Waals surface area (Å²) in [4.78, 5) is 25.5. The third-order valence-corrected chi connectivity index (χ3v) is 3.47. The third-order valence-electron chi connectivity index (χ3n) is 3.47. The van der Waals surface area contributed by atoms with E-state index in [9.17, 15) is 24.9 Å². The average Bonchev–Trinajstić information content (AvgIpc) is 2.77. The largest absolute Gasteiger partial charge is 0.394 e. The van der Waals surface area contributed by atoms with Crippen LogP contribution in [-0.2, 0) is 9.59 Å². The fraction of sp³-hybridized carbons (Fsp3) is 0.846. The van der Waals surface area contributed by atoms with Crippen molar-refractivity contribution in [2.45, 2.75) is 25.8 Å². The van der Waals surface area contributed by atoms with Crippen molar-refractivity contribution in [3.8, 4) is 0 Å². The van der Waals surface area contributed by atoms with Gasteiger partial charge in [-0.05, 0) is 5.92 Å². The highest BCUT2D eigenvalue weighted by molar-refractivity contribution is 5.89. The predicted octanol–water partition coefficient (Wildman–Crippen LogP) is -1.68. The van der Waals surface area contributed by atoms with Crippen molar-refractivity contribution >= 4 is 11.8 Å². The van der Waals surface area contributed by atoms with E-state index in [0.29, 0.717) is 19.0 Å². The summed E-state index contributed by atoms with van der Waals surface area (Å²) < 4.78 is 0. The first kappa shape index (κ1) is 16.9. The molecule has 1 rings (SSSR count). The van der Waals surface area contributed by atoms with Crippen LogP contribution in [0.5, 0.6) is 0 Å². The van der Waals surface area contributed by atoms with E-state index in [-0.39, 0.29) is 12.3 Å². The second kappa shape index (κ2) is 7.01. The number of aliphatic hydroxyl groups excluding tert-OH is 3. The van der Waals surface area contributed by atoms with E-state index in [1.54, 1.807) is 4.90 Å². The van der Waals surface area contributed by atoms with Gasteiger partial charge < -0.3 is 25.5 Å². The van der Waals surface area contributed by atoms with Crippen molar-refractivity contribution in [2.24, 2.45) is 11.8 Å². The molecule has 1 atom stereocenters. The predicted molar refractivity (Wildman–Crippen MR) is 71.7 cm³/mol. The molecule has 0 aromatic heterocycles. The zero-order valence-corrected chi connectivity index (χ0v) is 12.0. The average molecular weight is 288 g/mol. The summed E-state index contributed by atoms with van der Waals surface area (Å²) in [6, 6.07) is 0. The van der Waals surface area contributed by atoms with Gasteiger partial charge in [0.05, 0.1) is 25.7 Å². The summed E-state index contributed by atoms with van der Waals surface area (Å²) in [5.74, 6) is -0.680. The molecule has 0 spiro atoms. The summed E-state index contributed by atoms with van der Waals surface area (Å²) in [6.07, 6.45) is 0.122. The van der Waals surface area contributed by atoms with Crippen LogP contribution in [0.1, 0.15) is 20.3 Å². The number of carbonyl (C=O) groups excluding carboxylic acids is 2. The number of hydrogen-bond donors (Lipinski definition) is 4. The van der Waals surface area contributed by atoms with E-state index in [1.807, 2.05) is 13.8 Å². The molecule has 1 saturated heterocycles. The molecule has 0 aromatic rings. The summed E-state index contributed by atoms with van der Waals surface area (Å²) in [7, 11) is 0. The molecule has 0 aliphatic carbocycles. The standard InChI is InChI=1S/C13H24N2O5/c1-9(2)4-15-5-10(3-11(15)19)12(20)14-13(6-16,7-17)8-18/h9-10,16-18H,3-8H2,1-2H3,(H,14,20). The Hall–Kier alpha value is -1.18. The van der Waals surface area contributed by atoms with Crippen molar-refractivity contribution in [3.63, 3.8) is 0 Å². The van der Waals surface area contributed by atoms with Gasteiger partial charge >= 0.3 is 0 Å². The second-order valence-electron chi connectivity index (χ2n) is 5.84. The molecule has 2 amide bonds. The molecule has 1 unspecified atom stereocenters. The quantitative estimate of drug-likeness (QED) is 0.447. The lowest BCUT2D eigenvalue weighted by Crippen LogP contribution is -2.58. The van der Waals surface area contributed by atoms with Crippen LogP contribution in [0.2, 0.25) is 0 Å². The number of rotatable bonds is 7. The highest BCUT2D eigenvalue weighted by Crippen LogP contribution is 2.20. The van der Waals surface area contributed by atoms with Crippen LogP contribution >= 0.6 is 0 Å². The number of nitrogens with zero attached hydrogens (tertiary/aromatic N) is 1. The van der Waals surface area contributed by atoms with Gasteiger partial charge in [0, 0.05) is 19.5 Å². The lowest BCUT2D eigenvalue weighted by molar-refractivity contribution is -0.130. The normalized spacial score (nSPS) is 19.8. The maximum Gasteiger partial charge on any atom is 0.226 e. The number of amides is 2. The Morgan fingerprint density at radius 3 is 2.35 bits per heavy atom. The molecule has 20 heavy (non-hydrogen) atoms. The van der Waals surface area contributed by atoms with Gasteiger partial charge in [-0.1, -0.05) is 13.8 Å². The lowest BCUT2D eigenvalue weighted by Gasteiger charge is -2.30. The minimum atomic E-state index is -1.44. The first-order chi connectivity index (χ1) is 9.37. The van der Waals surface area contributed by atoms with Crippen molar-refractivity contribution < 1.29 is 24.9 Å². The zero-order valence-electron chi connectivity index (χ0n) is 12.0. The summed E-state index contributed by atoms with van der Waals surface area (Å²) in [6.45, 7) is 3.23. The highest BCUT2D eigenvalue weighted by atomic mass is 16.3. The fourth-order valence-electron chi connectivity index (χ4n) is 2.20. The van der Waals surface area contributed by atoms with Gasteiger partial charge in [-0.3, -0.25) is 9.59 Å². The van der Waals surface area contributed by atoms with Gasteiger partial charge in [0.25, 0.3) is 0 Å². The molecule has 0 bridgehead atoms. The Labute approximate surface area is 118 Å². The van der Waals surface area contributed by atoms with E-state index in [0.717, 1.165) is 0 Å². The van der Waals surface area contributed by atoms with E-state index in [2.05, 4.69) is 5.32 Å². The van der Waals surface area contributed by atoms with Crippen LogP contribution in [0.4, 0.5) is 0 Å². The van der Waals surface area contributed by atoms with E-state index in [4.69, 9.17) is 0 Å². The van der Waals surface area contributed by atoms with E-state index in [1.165, 1.54) is 0 Å². The van der Waals surface area contributed by atoms with Gasteiger partial charge in [-0.25, -0.2) is 0 Å². The zero-order chi connectivity index (χ0) is 15.3. The molecule has 1 aliphatic rings. The van der Waals surface area contributed by atoms with Crippen LogP contribution in [0, 0.1) is 11.8 Å². The van der Waals surface area contributed by atoms with Gasteiger partial charge in [-0.15, -0.1) is 0 Å². The van der Waals surface area contributed by atoms with Gasteiger partial charge in [-0.2, -0.15) is 0 Å². The Morgan fingerprint density at radius 1 is 1.35 bits per heavy atom. The molecule has 0 saturated carbocycles. The smallest absolute Gasteiger partial charge is 0.226 e. The van der Waals surface area contributed by atoms with Crippen LogP contribution < -0.4 is 5.32 Å². The number of aliphatic hydroxyl groups is 3. The summed E-state index contributed by atoms with van der Waals surface area (Å²) in [5.41, 5.74) is -1.44. The first-order valence-corrected chi connectivity index (χ1v) is 6.80. The molecule has 0 aromatic carbocycles. The van der Waals surface area contributed by atoms with Crippen molar-refractivity contribution in [1.82, 2.24) is 10.2 Å². The summed E-state index contributed by atoms with van der Waals surface area (Å²) in [5, 5.41) is 30.0. The van der Waals surface area contributed by atoms with Gasteiger partial charge in [0.15, 0.2) is 0 Å². The fourth-order valence-corrected chi connectivity index (χ4v) is 2.20. The lowest BCUT2D eigenvalue weighted by atomic mass is 10.0. The van der Waals surface area contributed by atoms with Crippen LogP contribution in [0.15, 0.2) is 0 Å². The number of likely N-dealkylation sites (tertiary alicyclic amines) is 1. The molecular weight excluding hydrogens is 264 g/mol. The maximum atomic E-state index is 12.1. The van der Waals surface area contributed by atoms with Gasteiger partial charge in [0.1, 0.15) is 5.54 Å². The molecule has 7 nitrogen and oxygen atoms in total. The monoisotopic (exact) mass is 288 g/mol. The third kappa shape index (κ3) is 3.91. The number of hydrogen-bond acceptors (Lipinski definition) is 5. The van der Waals surface area contributed by atoms with Crippen molar-refractivity contribution in [3.05, 3.63) is 0 Å². The van der Waals surface area contributed by atoms with Crippen LogP contribution in [-0.4, -0.2) is 70.5 Å². The highest BCUT2D eigenvalue weighted by Gasteiger charge is 2.38. The Kier molecular flexibility index (Phi) is 5.91. The maximum absolute atomic E-state index is 12.1. The topological polar surface area (TPSA) is 110 Å². The molecule has 0 radical (unpaired) electrons. The second-order valence-corrected chi connectivity index (χ2v) is 5.84. The molecule has 4 N–H and O–H groups in total. The Morgan fingerprint density at radius 2 is 1.90 bits per heavy atom. The minimum absolute atomic E-state index is 0.0681. The molecule has 7 heteroatoms. The van der Waals surface area contributed by atoms with Crippen LogP contribution in [0.3, 0.4) is 0 Å². The van der Waals surface area contributed by atoms with Crippen LogP contribution in [0.25, 0.3) is 0 Å². The first-order valence-electron chi connectivity index (χ1n) is 6.80. The summed E-state index contributed by atoms with van der Waals surface area (Å²) >= 11 is 0. The minimum Gasteiger partial charge on any atom is -0.394 e. The Bertz CT molecular complexity index is 346. The number of carbonyl (C=O) groups is 2. The molecule has 116 valence electrons. The Balaban J connectivity index is 2.63. The molecular formula is C13H24N2O5. The SMILES string of the molecule is CC(C)CN1CC(C(=O)NC(CO)(CO)CO)CC1=O. The van der Waals surface area contributed by atoms with E-state index < -0.39 is 37.2 Å². The molecule has 1 aliphatic heterocycles. The van der Waals surface area contributed by atoms with Gasteiger partial charge in [0.2, 0.25) is 11.8 Å². The molecule has 1 heterocycles. The van der Waals surface area contributed by atoms with Crippen molar-refractivity contribution in [1.29, 1.82) is 0 Å².